The van der Waals surface area contributed by atoms with Gasteiger partial charge in [0.1, 0.15) is 17.6 Å². The van der Waals surface area contributed by atoms with Crippen LogP contribution in [-0.4, -0.2) is 50.0 Å². The summed E-state index contributed by atoms with van der Waals surface area (Å²) in [5, 5.41) is -0.966. The third-order valence-corrected chi connectivity index (χ3v) is 3.72. The molecule has 0 aliphatic carbocycles. The molecule has 0 radical (unpaired) electrons. The maximum atomic E-state index is 14.2. The summed E-state index contributed by atoms with van der Waals surface area (Å²) in [6, 6.07) is 8.53. The Bertz CT molecular complexity index is 456. The minimum Gasteiger partial charge on any atom is -0.370 e. The fraction of sp³-hybridized carbons (Fsp3) is 0.500. The summed E-state index contributed by atoms with van der Waals surface area (Å²) in [6.45, 7) is 0. The molecule has 5 atom stereocenters. The highest BCUT2D eigenvalue weighted by molar-refractivity contribution is 6.21. The molecule has 1 aromatic rings. The average Bonchev–Trinajstić information content (AvgIpc) is 2.77. The predicted octanol–water partition coefficient (Wildman–Crippen LogP) is 2.20. The summed E-state index contributed by atoms with van der Waals surface area (Å²) in [7, 11) is 2.71. The molecule has 0 amide bonds. The van der Waals surface area contributed by atoms with Crippen molar-refractivity contribution < 1.29 is 23.4 Å². The number of carbonyl (C=O) groups is 1. The number of ketones is 1. The second-order valence-electron chi connectivity index (χ2n) is 4.48. The molecular formula is C14H16ClFO4. The zero-order valence-corrected chi connectivity index (χ0v) is 11.9. The van der Waals surface area contributed by atoms with Crippen molar-refractivity contribution >= 4 is 17.4 Å². The van der Waals surface area contributed by atoms with Gasteiger partial charge in [0.15, 0.2) is 18.2 Å². The molecule has 0 saturated carbocycles. The number of benzene rings is 1. The molecule has 1 aliphatic heterocycles. The Morgan fingerprint density at radius 1 is 1.35 bits per heavy atom. The van der Waals surface area contributed by atoms with Gasteiger partial charge in [-0.05, 0) is 0 Å². The van der Waals surface area contributed by atoms with E-state index in [-0.39, 0.29) is 5.78 Å². The second kappa shape index (κ2) is 6.63. The van der Waals surface area contributed by atoms with E-state index in [1.54, 1.807) is 30.3 Å². The maximum Gasteiger partial charge on any atom is 0.194 e. The van der Waals surface area contributed by atoms with E-state index in [4.69, 9.17) is 25.8 Å². The van der Waals surface area contributed by atoms with Gasteiger partial charge in [0.2, 0.25) is 0 Å². The van der Waals surface area contributed by atoms with Gasteiger partial charge in [-0.3, -0.25) is 4.79 Å². The van der Waals surface area contributed by atoms with E-state index in [9.17, 15) is 9.18 Å². The Kier molecular flexibility index (Phi) is 5.10. The molecule has 1 unspecified atom stereocenters. The number of halogens is 2. The van der Waals surface area contributed by atoms with Gasteiger partial charge < -0.3 is 14.2 Å². The van der Waals surface area contributed by atoms with E-state index in [1.807, 2.05) is 0 Å². The van der Waals surface area contributed by atoms with Gasteiger partial charge in [0.25, 0.3) is 0 Å². The molecular weight excluding hydrogens is 287 g/mol. The fourth-order valence-electron chi connectivity index (χ4n) is 2.22. The van der Waals surface area contributed by atoms with Crippen molar-refractivity contribution in [3.05, 3.63) is 35.9 Å². The van der Waals surface area contributed by atoms with Crippen LogP contribution in [0.15, 0.2) is 30.3 Å². The molecule has 1 aromatic carbocycles. The van der Waals surface area contributed by atoms with Crippen molar-refractivity contribution in [2.24, 2.45) is 0 Å². The lowest BCUT2D eigenvalue weighted by Crippen LogP contribution is -2.41. The van der Waals surface area contributed by atoms with E-state index in [0.717, 1.165) is 0 Å². The number of hydrogen-bond acceptors (Lipinski definition) is 4. The summed E-state index contributed by atoms with van der Waals surface area (Å²) in [5.41, 5.74) is 0.433. The monoisotopic (exact) mass is 302 g/mol. The van der Waals surface area contributed by atoms with Gasteiger partial charge in [0, 0.05) is 19.8 Å². The normalized spacial score (nSPS) is 31.2. The minimum atomic E-state index is -1.54. The van der Waals surface area contributed by atoms with Crippen molar-refractivity contribution in [3.63, 3.8) is 0 Å². The minimum absolute atomic E-state index is 0.346. The second-order valence-corrected chi connectivity index (χ2v) is 4.98. The highest BCUT2D eigenvalue weighted by Crippen LogP contribution is 2.32. The molecule has 110 valence electrons. The molecule has 20 heavy (non-hydrogen) atoms. The van der Waals surface area contributed by atoms with E-state index in [0.29, 0.717) is 5.56 Å². The number of carbonyl (C=O) groups excluding carboxylic acids is 1. The van der Waals surface area contributed by atoms with Crippen molar-refractivity contribution in [3.8, 4) is 0 Å². The van der Waals surface area contributed by atoms with Crippen LogP contribution < -0.4 is 0 Å². The first-order valence-corrected chi connectivity index (χ1v) is 6.62. The van der Waals surface area contributed by atoms with Gasteiger partial charge in [-0.1, -0.05) is 30.3 Å². The molecule has 0 aromatic heterocycles. The van der Waals surface area contributed by atoms with Crippen LogP contribution >= 0.6 is 11.6 Å². The highest BCUT2D eigenvalue weighted by Gasteiger charge is 2.50. The van der Waals surface area contributed by atoms with E-state index in [2.05, 4.69) is 0 Å². The predicted molar refractivity (Wildman–Crippen MR) is 71.8 cm³/mol. The van der Waals surface area contributed by atoms with Gasteiger partial charge in [-0.15, -0.1) is 11.6 Å². The zero-order valence-electron chi connectivity index (χ0n) is 11.2. The van der Waals surface area contributed by atoms with Gasteiger partial charge in [-0.25, -0.2) is 4.39 Å². The van der Waals surface area contributed by atoms with Crippen LogP contribution in [-0.2, 0) is 14.2 Å². The quantitative estimate of drug-likeness (QED) is 0.618. The van der Waals surface area contributed by atoms with Crippen molar-refractivity contribution in [2.75, 3.05) is 14.2 Å². The van der Waals surface area contributed by atoms with Crippen LogP contribution in [0.25, 0.3) is 0 Å². The van der Waals surface area contributed by atoms with Crippen LogP contribution in [0, 0.1) is 0 Å². The molecule has 2 rings (SSSR count). The van der Waals surface area contributed by atoms with Crippen molar-refractivity contribution in [1.29, 1.82) is 0 Å². The molecule has 1 heterocycles. The first kappa shape index (κ1) is 15.4. The van der Waals surface area contributed by atoms with Gasteiger partial charge in [0.05, 0.1) is 0 Å². The summed E-state index contributed by atoms with van der Waals surface area (Å²) < 4.78 is 29.6. The van der Waals surface area contributed by atoms with Crippen molar-refractivity contribution in [1.82, 2.24) is 0 Å². The lowest BCUT2D eigenvalue weighted by molar-refractivity contribution is -0.138. The van der Waals surface area contributed by atoms with Crippen LogP contribution in [0.5, 0.6) is 0 Å². The summed E-state index contributed by atoms with van der Waals surface area (Å²) in [4.78, 5) is 12.4. The SMILES string of the molecule is COC(C(=O)c1ccccc1)[C@H]1O[C@H](OC)[C@@H](Cl)[C@@H]1F. The Labute approximate surface area is 121 Å². The lowest BCUT2D eigenvalue weighted by atomic mass is 9.99. The average molecular weight is 303 g/mol. The first-order chi connectivity index (χ1) is 9.60. The third kappa shape index (κ3) is 2.86. The topological polar surface area (TPSA) is 44.8 Å². The molecule has 1 saturated heterocycles. The van der Waals surface area contributed by atoms with Crippen LogP contribution in [0.2, 0.25) is 0 Å². The Morgan fingerprint density at radius 2 is 2.00 bits per heavy atom. The molecule has 0 spiro atoms. The third-order valence-electron chi connectivity index (χ3n) is 3.27. The number of rotatable bonds is 5. The lowest BCUT2D eigenvalue weighted by Gasteiger charge is -2.22. The standard InChI is InChI=1S/C14H16ClFO4/c1-18-13(11(17)8-6-4-3-5-7-8)12-10(16)9(15)14(19-2)20-12/h3-7,9-10,12-14H,1-2H3/t9-,10-,12-,13?,14-/m0/s1. The first-order valence-electron chi connectivity index (χ1n) is 6.18. The smallest absolute Gasteiger partial charge is 0.194 e. The molecule has 0 N–H and O–H groups in total. The zero-order chi connectivity index (χ0) is 14.7. The Morgan fingerprint density at radius 3 is 2.50 bits per heavy atom. The number of hydrogen-bond donors (Lipinski definition) is 0. The number of ether oxygens (including phenoxy) is 3. The molecule has 4 nitrogen and oxygen atoms in total. The van der Waals surface area contributed by atoms with Gasteiger partial charge >= 0.3 is 0 Å². The molecule has 6 heteroatoms. The van der Waals surface area contributed by atoms with E-state index >= 15 is 0 Å². The Hall–Kier alpha value is -1.01. The summed E-state index contributed by atoms with van der Waals surface area (Å²) >= 11 is 5.88. The largest absolute Gasteiger partial charge is 0.370 e. The van der Waals surface area contributed by atoms with Gasteiger partial charge in [-0.2, -0.15) is 0 Å². The number of Topliss-reactive ketones (excluding diaryl/α,β-unsaturated/α-hetero) is 1. The van der Waals surface area contributed by atoms with Crippen LogP contribution in [0.3, 0.4) is 0 Å². The van der Waals surface area contributed by atoms with Crippen molar-refractivity contribution in [2.45, 2.75) is 30.0 Å². The number of methoxy groups -OCH3 is 2. The maximum absolute atomic E-state index is 14.2. The molecule has 1 fully saturated rings. The summed E-state index contributed by atoms with van der Waals surface area (Å²) in [5.74, 6) is -0.346. The van der Waals surface area contributed by atoms with E-state index < -0.39 is 30.0 Å². The molecule has 1 aliphatic rings. The van der Waals surface area contributed by atoms with Crippen LogP contribution in [0.4, 0.5) is 4.39 Å². The van der Waals surface area contributed by atoms with E-state index in [1.165, 1.54) is 14.2 Å². The molecule has 0 bridgehead atoms. The Balaban J connectivity index is 2.19. The number of alkyl halides is 2. The summed E-state index contributed by atoms with van der Waals surface area (Å²) in [6.07, 6.45) is -4.58. The highest BCUT2D eigenvalue weighted by atomic mass is 35.5. The fourth-order valence-corrected chi connectivity index (χ4v) is 2.52. The van der Waals surface area contributed by atoms with Crippen LogP contribution in [0.1, 0.15) is 10.4 Å².